The van der Waals surface area contributed by atoms with E-state index in [2.05, 4.69) is 24.9 Å². The van der Waals surface area contributed by atoms with Crippen molar-refractivity contribution in [3.63, 3.8) is 0 Å². The molecule has 0 fully saturated rings. The second-order valence-corrected chi connectivity index (χ2v) is 4.64. The summed E-state index contributed by atoms with van der Waals surface area (Å²) < 4.78 is 1.19. The van der Waals surface area contributed by atoms with Crippen molar-refractivity contribution in [2.45, 2.75) is 26.3 Å². The lowest BCUT2D eigenvalue weighted by Crippen LogP contribution is -2.38. The molecule has 3 nitrogen and oxygen atoms in total. The highest BCUT2D eigenvalue weighted by molar-refractivity contribution is 7.22. The molecule has 0 radical (unpaired) electrons. The molecule has 0 aliphatic rings. The molecule has 2 rings (SSSR count). The number of hydrogen-bond donors (Lipinski definition) is 1. The Kier molecular flexibility index (Phi) is 2.88. The van der Waals surface area contributed by atoms with E-state index in [1.165, 1.54) is 4.70 Å². The molecule has 2 N–H and O–H groups in total. The summed E-state index contributed by atoms with van der Waals surface area (Å²) in [7, 11) is 0. The summed E-state index contributed by atoms with van der Waals surface area (Å²) in [5.41, 5.74) is 1.02. The minimum atomic E-state index is 0.325. The van der Waals surface area contributed by atoms with Crippen LogP contribution < -0.4 is 10.9 Å². The quantitative estimate of drug-likeness (QED) is 0.640. The van der Waals surface area contributed by atoms with Crippen molar-refractivity contribution >= 4 is 26.7 Å². The standard InChI is InChI=1S/C11H15N3S/c1-3-8(2)14(12)11-13-9-6-4-5-7-10(9)15-11/h4-8H,3,12H2,1-2H3. The molecule has 0 aliphatic heterocycles. The number of thiazole rings is 1. The SMILES string of the molecule is CCC(C)N(N)c1nc2ccccc2s1. The van der Waals surface area contributed by atoms with Crippen molar-refractivity contribution in [3.05, 3.63) is 24.3 Å². The van der Waals surface area contributed by atoms with E-state index in [4.69, 9.17) is 5.84 Å². The molecule has 1 unspecified atom stereocenters. The molecular weight excluding hydrogens is 206 g/mol. The fraction of sp³-hybridized carbons (Fsp3) is 0.364. The molecule has 1 atom stereocenters. The molecule has 80 valence electrons. The summed E-state index contributed by atoms with van der Waals surface area (Å²) in [6.07, 6.45) is 1.02. The summed E-state index contributed by atoms with van der Waals surface area (Å²) in [6.45, 7) is 4.23. The lowest BCUT2D eigenvalue weighted by molar-refractivity contribution is 0.632. The van der Waals surface area contributed by atoms with Gasteiger partial charge in [0.2, 0.25) is 5.13 Å². The zero-order valence-corrected chi connectivity index (χ0v) is 9.79. The van der Waals surface area contributed by atoms with E-state index in [0.717, 1.165) is 17.1 Å². The maximum Gasteiger partial charge on any atom is 0.201 e. The number of hydrogen-bond acceptors (Lipinski definition) is 4. The zero-order valence-electron chi connectivity index (χ0n) is 8.97. The molecule has 15 heavy (non-hydrogen) atoms. The highest BCUT2D eigenvalue weighted by Crippen LogP contribution is 2.28. The van der Waals surface area contributed by atoms with E-state index in [1.54, 1.807) is 16.3 Å². The summed E-state index contributed by atoms with van der Waals surface area (Å²) in [4.78, 5) is 4.50. The first kappa shape index (κ1) is 10.4. The second-order valence-electron chi connectivity index (χ2n) is 3.63. The third-order valence-electron chi connectivity index (χ3n) is 2.57. The Morgan fingerprint density at radius 2 is 2.20 bits per heavy atom. The molecule has 0 amide bonds. The van der Waals surface area contributed by atoms with Crippen LogP contribution in [0.1, 0.15) is 20.3 Å². The van der Waals surface area contributed by atoms with Gasteiger partial charge in [-0.2, -0.15) is 0 Å². The third-order valence-corrected chi connectivity index (χ3v) is 3.62. The van der Waals surface area contributed by atoms with E-state index >= 15 is 0 Å². The van der Waals surface area contributed by atoms with Crippen LogP contribution in [0.25, 0.3) is 10.2 Å². The fourth-order valence-corrected chi connectivity index (χ4v) is 2.35. The summed E-state index contributed by atoms with van der Waals surface area (Å²) in [6, 6.07) is 8.43. The number of para-hydroxylation sites is 1. The summed E-state index contributed by atoms with van der Waals surface area (Å²) >= 11 is 1.64. The highest BCUT2D eigenvalue weighted by atomic mass is 32.1. The molecule has 0 saturated heterocycles. The van der Waals surface area contributed by atoms with Crippen LogP contribution in [-0.2, 0) is 0 Å². The largest absolute Gasteiger partial charge is 0.283 e. The average Bonchev–Trinajstić information content (AvgIpc) is 2.70. The van der Waals surface area contributed by atoms with Crippen molar-refractivity contribution < 1.29 is 0 Å². The van der Waals surface area contributed by atoms with E-state index in [0.29, 0.717) is 6.04 Å². The first-order chi connectivity index (χ1) is 7.22. The Hall–Kier alpha value is -1.13. The van der Waals surface area contributed by atoms with Crippen molar-refractivity contribution in [1.82, 2.24) is 4.98 Å². The Bertz CT molecular complexity index is 419. The summed E-state index contributed by atoms with van der Waals surface area (Å²) in [5, 5.41) is 2.65. The van der Waals surface area contributed by atoms with Crippen molar-refractivity contribution in [3.8, 4) is 0 Å². The molecule has 4 heteroatoms. The van der Waals surface area contributed by atoms with Crippen LogP contribution in [0.15, 0.2) is 24.3 Å². The van der Waals surface area contributed by atoms with Crippen LogP contribution in [0.3, 0.4) is 0 Å². The fourth-order valence-electron chi connectivity index (χ4n) is 1.36. The second kappa shape index (κ2) is 4.16. The van der Waals surface area contributed by atoms with E-state index < -0.39 is 0 Å². The molecule has 0 spiro atoms. The number of aromatic nitrogens is 1. The van der Waals surface area contributed by atoms with Gasteiger partial charge in [0, 0.05) is 6.04 Å². The van der Waals surface area contributed by atoms with Crippen LogP contribution in [0, 0.1) is 0 Å². The zero-order chi connectivity index (χ0) is 10.8. The van der Waals surface area contributed by atoms with Crippen LogP contribution in [0.2, 0.25) is 0 Å². The van der Waals surface area contributed by atoms with Gasteiger partial charge in [-0.15, -0.1) is 0 Å². The van der Waals surface area contributed by atoms with Gasteiger partial charge in [-0.05, 0) is 25.5 Å². The number of nitrogens with two attached hydrogens (primary N) is 1. The predicted molar refractivity (Wildman–Crippen MR) is 66.0 cm³/mol. The molecule has 1 heterocycles. The highest BCUT2D eigenvalue weighted by Gasteiger charge is 2.12. The van der Waals surface area contributed by atoms with Crippen LogP contribution in [-0.4, -0.2) is 11.0 Å². The molecule has 1 aromatic heterocycles. The number of anilines is 1. The molecule has 2 aromatic rings. The average molecular weight is 221 g/mol. The smallest absolute Gasteiger partial charge is 0.201 e. The normalized spacial score (nSPS) is 13.0. The minimum absolute atomic E-state index is 0.325. The van der Waals surface area contributed by atoms with Crippen LogP contribution in [0.4, 0.5) is 5.13 Å². The van der Waals surface area contributed by atoms with Crippen molar-refractivity contribution in [1.29, 1.82) is 0 Å². The topological polar surface area (TPSA) is 42.1 Å². The molecule has 0 saturated carbocycles. The minimum Gasteiger partial charge on any atom is -0.283 e. The van der Waals surface area contributed by atoms with Crippen molar-refractivity contribution in [2.24, 2.45) is 5.84 Å². The van der Waals surface area contributed by atoms with Gasteiger partial charge < -0.3 is 0 Å². The van der Waals surface area contributed by atoms with Gasteiger partial charge >= 0.3 is 0 Å². The molecule has 0 aliphatic carbocycles. The monoisotopic (exact) mass is 221 g/mol. The third kappa shape index (κ3) is 1.96. The lowest BCUT2D eigenvalue weighted by Gasteiger charge is -2.21. The van der Waals surface area contributed by atoms with Gasteiger partial charge in [0.1, 0.15) is 0 Å². The maximum atomic E-state index is 5.99. The van der Waals surface area contributed by atoms with Gasteiger partial charge in [-0.3, -0.25) is 5.01 Å². The first-order valence-electron chi connectivity index (χ1n) is 5.12. The van der Waals surface area contributed by atoms with Gasteiger partial charge in [-0.1, -0.05) is 30.4 Å². The van der Waals surface area contributed by atoms with E-state index in [1.807, 2.05) is 18.2 Å². The Labute approximate surface area is 93.5 Å². The van der Waals surface area contributed by atoms with Crippen LogP contribution in [0.5, 0.6) is 0 Å². The maximum absolute atomic E-state index is 5.99. The number of benzene rings is 1. The Morgan fingerprint density at radius 3 is 2.87 bits per heavy atom. The number of fused-ring (bicyclic) bond motifs is 1. The van der Waals surface area contributed by atoms with E-state index in [9.17, 15) is 0 Å². The van der Waals surface area contributed by atoms with E-state index in [-0.39, 0.29) is 0 Å². The van der Waals surface area contributed by atoms with Gasteiger partial charge in [0.15, 0.2) is 0 Å². The number of hydrazine groups is 1. The number of rotatable bonds is 3. The lowest BCUT2D eigenvalue weighted by atomic mass is 10.3. The Balaban J connectivity index is 2.36. The van der Waals surface area contributed by atoms with Gasteiger partial charge in [-0.25, -0.2) is 10.8 Å². The molecular formula is C11H15N3S. The first-order valence-corrected chi connectivity index (χ1v) is 5.93. The van der Waals surface area contributed by atoms with Crippen molar-refractivity contribution in [2.75, 3.05) is 5.01 Å². The predicted octanol–water partition coefficient (Wildman–Crippen LogP) is 2.77. The van der Waals surface area contributed by atoms with Gasteiger partial charge in [0.05, 0.1) is 10.2 Å². The van der Waals surface area contributed by atoms with Crippen LogP contribution >= 0.6 is 11.3 Å². The molecule has 0 bridgehead atoms. The Morgan fingerprint density at radius 1 is 1.47 bits per heavy atom. The summed E-state index contributed by atoms with van der Waals surface area (Å²) in [5.74, 6) is 5.99. The number of nitrogens with zero attached hydrogens (tertiary/aromatic N) is 2. The molecule has 1 aromatic carbocycles. The van der Waals surface area contributed by atoms with Gasteiger partial charge in [0.25, 0.3) is 0 Å².